The van der Waals surface area contributed by atoms with Crippen LogP contribution in [0, 0.1) is 35.1 Å². The third-order valence-electron chi connectivity index (χ3n) is 5.34. The van der Waals surface area contributed by atoms with Gasteiger partial charge >= 0.3 is 0 Å². The maximum absolute atomic E-state index is 14.6. The lowest BCUT2D eigenvalue weighted by atomic mass is 10.0. The van der Waals surface area contributed by atoms with Crippen LogP contribution in [-0.2, 0) is 9.47 Å². The van der Waals surface area contributed by atoms with Gasteiger partial charge in [-0.1, -0.05) is 30.0 Å². The van der Waals surface area contributed by atoms with Gasteiger partial charge in [-0.2, -0.15) is 0 Å². The summed E-state index contributed by atoms with van der Waals surface area (Å²) < 4.78 is 66.9. The summed E-state index contributed by atoms with van der Waals surface area (Å²) in [5.41, 5.74) is 1.25. The lowest BCUT2D eigenvalue weighted by Crippen LogP contribution is -2.31. The Morgan fingerprint density at radius 2 is 1.75 bits per heavy atom. The van der Waals surface area contributed by atoms with Crippen molar-refractivity contribution >= 4 is 10.8 Å². The summed E-state index contributed by atoms with van der Waals surface area (Å²) >= 11 is 0. The van der Waals surface area contributed by atoms with Gasteiger partial charge in [-0.25, -0.2) is 17.6 Å². The van der Waals surface area contributed by atoms with E-state index in [9.17, 15) is 17.6 Å². The molecule has 0 N–H and O–H groups in total. The predicted molar refractivity (Wildman–Crippen MR) is 114 cm³/mol. The van der Waals surface area contributed by atoms with Crippen LogP contribution in [0.25, 0.3) is 10.8 Å². The molecule has 1 aliphatic heterocycles. The summed E-state index contributed by atoms with van der Waals surface area (Å²) in [5.74, 6) is 0.960. The minimum atomic E-state index is -1.52. The monoisotopic (exact) mass is 440 g/mol. The first-order valence-electron chi connectivity index (χ1n) is 10.2. The second kappa shape index (κ2) is 9.56. The molecule has 0 unspecified atom stereocenters. The van der Waals surface area contributed by atoms with Gasteiger partial charge in [0.15, 0.2) is 17.5 Å². The number of halogens is 4. The molecule has 0 radical (unpaired) electrons. The number of hydrogen-bond donors (Lipinski definition) is 0. The molecule has 1 fully saturated rings. The minimum absolute atomic E-state index is 0.0135. The Balaban J connectivity index is 1.49. The van der Waals surface area contributed by atoms with E-state index in [1.807, 2.05) is 6.08 Å². The van der Waals surface area contributed by atoms with Crippen LogP contribution in [0.4, 0.5) is 17.6 Å². The van der Waals surface area contributed by atoms with Crippen molar-refractivity contribution in [3.8, 4) is 11.8 Å². The van der Waals surface area contributed by atoms with E-state index in [0.717, 1.165) is 18.9 Å². The zero-order valence-corrected chi connectivity index (χ0v) is 17.1. The maximum atomic E-state index is 14.6. The van der Waals surface area contributed by atoms with E-state index in [2.05, 4.69) is 18.4 Å². The highest BCUT2D eigenvalue weighted by atomic mass is 19.2. The first-order chi connectivity index (χ1) is 15.5. The van der Waals surface area contributed by atoms with E-state index in [1.165, 1.54) is 24.3 Å². The molecule has 1 heterocycles. The van der Waals surface area contributed by atoms with E-state index in [4.69, 9.17) is 9.47 Å². The molecular formula is C26H20F4O2. The molecule has 2 atom stereocenters. The number of benzene rings is 3. The number of allylic oxidation sites excluding steroid dienone is 1. The fraction of sp³-hybridized carbons (Fsp3) is 0.231. The topological polar surface area (TPSA) is 18.5 Å². The van der Waals surface area contributed by atoms with Gasteiger partial charge in [0.25, 0.3) is 0 Å². The summed E-state index contributed by atoms with van der Waals surface area (Å²) in [6.45, 7) is 4.47. The Bertz CT molecular complexity index is 1220. The van der Waals surface area contributed by atoms with E-state index in [-0.39, 0.29) is 28.5 Å². The molecule has 6 heteroatoms. The first kappa shape index (κ1) is 22.1. The lowest BCUT2D eigenvalue weighted by Gasteiger charge is -2.29. The van der Waals surface area contributed by atoms with Crippen LogP contribution in [0.15, 0.2) is 55.1 Å². The molecule has 0 aliphatic carbocycles. The molecule has 3 aromatic rings. The van der Waals surface area contributed by atoms with Gasteiger partial charge in [0, 0.05) is 10.9 Å². The lowest BCUT2D eigenvalue weighted by molar-refractivity contribution is -0.136. The smallest absolute Gasteiger partial charge is 0.195 e. The molecule has 1 saturated heterocycles. The molecule has 0 bridgehead atoms. The standard InChI is InChI=1S/C26H20F4O2/c1-2-3-4-20-14-32-24(15-31-20)18-9-8-17(22(27)12-18)7-5-16-6-10-21-19(11-16)13-23(28)26(30)25(21)29/h2,6,8-13,20,24H,1,3-4,14-15H2/t20-,24-/m1/s1. The number of fused-ring (bicyclic) bond motifs is 1. The van der Waals surface area contributed by atoms with Crippen molar-refractivity contribution in [3.05, 3.63) is 95.1 Å². The highest BCUT2D eigenvalue weighted by Gasteiger charge is 2.23. The van der Waals surface area contributed by atoms with Crippen LogP contribution in [0.1, 0.15) is 35.6 Å². The molecule has 0 amide bonds. The fourth-order valence-corrected chi connectivity index (χ4v) is 3.56. The van der Waals surface area contributed by atoms with E-state index in [1.54, 1.807) is 12.1 Å². The van der Waals surface area contributed by atoms with Crippen LogP contribution < -0.4 is 0 Å². The van der Waals surface area contributed by atoms with Gasteiger partial charge in [0.1, 0.15) is 11.9 Å². The molecular weight excluding hydrogens is 420 g/mol. The van der Waals surface area contributed by atoms with Gasteiger partial charge in [-0.15, -0.1) is 6.58 Å². The Morgan fingerprint density at radius 3 is 2.47 bits per heavy atom. The summed E-state index contributed by atoms with van der Waals surface area (Å²) in [4.78, 5) is 0. The van der Waals surface area contributed by atoms with Gasteiger partial charge in [0.05, 0.1) is 24.9 Å². The molecule has 164 valence electrons. The van der Waals surface area contributed by atoms with E-state index in [0.29, 0.717) is 24.3 Å². The zero-order valence-electron chi connectivity index (χ0n) is 17.1. The molecule has 0 aromatic heterocycles. The number of hydrogen-bond acceptors (Lipinski definition) is 2. The van der Waals surface area contributed by atoms with Gasteiger partial charge in [-0.3, -0.25) is 0 Å². The van der Waals surface area contributed by atoms with E-state index >= 15 is 0 Å². The van der Waals surface area contributed by atoms with Crippen LogP contribution in [-0.4, -0.2) is 19.3 Å². The fourth-order valence-electron chi connectivity index (χ4n) is 3.56. The second-order valence-electron chi connectivity index (χ2n) is 7.55. The van der Waals surface area contributed by atoms with Crippen molar-refractivity contribution < 1.29 is 27.0 Å². The summed E-state index contributed by atoms with van der Waals surface area (Å²) in [7, 11) is 0. The van der Waals surface area contributed by atoms with Crippen LogP contribution >= 0.6 is 0 Å². The quantitative estimate of drug-likeness (QED) is 0.208. The molecule has 4 rings (SSSR count). The molecule has 1 aliphatic rings. The van der Waals surface area contributed by atoms with Crippen LogP contribution in [0.5, 0.6) is 0 Å². The van der Waals surface area contributed by atoms with Crippen molar-refractivity contribution in [2.75, 3.05) is 13.2 Å². The number of rotatable bonds is 4. The van der Waals surface area contributed by atoms with Crippen molar-refractivity contribution in [1.29, 1.82) is 0 Å². The van der Waals surface area contributed by atoms with Crippen molar-refractivity contribution in [3.63, 3.8) is 0 Å². The van der Waals surface area contributed by atoms with Crippen LogP contribution in [0.3, 0.4) is 0 Å². The molecule has 0 saturated carbocycles. The highest BCUT2D eigenvalue weighted by Crippen LogP contribution is 2.26. The third-order valence-corrected chi connectivity index (χ3v) is 5.34. The average molecular weight is 440 g/mol. The summed E-state index contributed by atoms with van der Waals surface area (Å²) in [6.07, 6.45) is 3.18. The van der Waals surface area contributed by atoms with Gasteiger partial charge < -0.3 is 9.47 Å². The first-order valence-corrected chi connectivity index (χ1v) is 10.2. The largest absolute Gasteiger partial charge is 0.373 e. The van der Waals surface area contributed by atoms with Gasteiger partial charge in [0.2, 0.25) is 0 Å². The molecule has 2 nitrogen and oxygen atoms in total. The zero-order chi connectivity index (χ0) is 22.7. The second-order valence-corrected chi connectivity index (χ2v) is 7.55. The van der Waals surface area contributed by atoms with Crippen LogP contribution in [0.2, 0.25) is 0 Å². The van der Waals surface area contributed by atoms with E-state index < -0.39 is 23.3 Å². The predicted octanol–water partition coefficient (Wildman–Crippen LogP) is 6.22. The van der Waals surface area contributed by atoms with Gasteiger partial charge in [-0.05, 0) is 54.1 Å². The van der Waals surface area contributed by atoms with Crippen molar-refractivity contribution in [1.82, 2.24) is 0 Å². The minimum Gasteiger partial charge on any atom is -0.373 e. The average Bonchev–Trinajstić information content (AvgIpc) is 2.80. The SMILES string of the molecule is C=CCC[C@@H]1CO[C@@H](c2ccc(C#Cc3ccc4c(F)c(F)c(F)cc4c3)c(F)c2)CO1. The number of ether oxygens (including phenoxy) is 2. The summed E-state index contributed by atoms with van der Waals surface area (Å²) in [5, 5.41) is 0.122. The Morgan fingerprint density at radius 1 is 0.906 bits per heavy atom. The summed E-state index contributed by atoms with van der Waals surface area (Å²) in [6, 6.07) is 9.78. The van der Waals surface area contributed by atoms with Crippen molar-refractivity contribution in [2.24, 2.45) is 0 Å². The third kappa shape index (κ3) is 4.69. The molecule has 0 spiro atoms. The maximum Gasteiger partial charge on any atom is 0.195 e. The normalized spacial score (nSPS) is 18.2. The Kier molecular flexibility index (Phi) is 6.59. The van der Waals surface area contributed by atoms with Crippen molar-refractivity contribution in [2.45, 2.75) is 25.0 Å². The molecule has 3 aromatic carbocycles. The Hall–Kier alpha value is -3.14. The Labute approximate surface area is 183 Å². The molecule has 32 heavy (non-hydrogen) atoms. The highest BCUT2D eigenvalue weighted by molar-refractivity contribution is 5.84.